The molecule has 4 heteroatoms. The van der Waals surface area contributed by atoms with Crippen LogP contribution in [0.15, 0.2) is 41.8 Å². The zero-order chi connectivity index (χ0) is 14.3. The van der Waals surface area contributed by atoms with Gasteiger partial charge < -0.3 is 10.1 Å². The first kappa shape index (κ1) is 14.6. The molecule has 0 saturated heterocycles. The van der Waals surface area contributed by atoms with Crippen molar-refractivity contribution in [2.45, 2.75) is 13.0 Å². The number of thiophene rings is 1. The standard InChI is InChI=1S/C17H22N2OS/c1-2-6-17-15(4-1)14-19(11-12-20-17)10-9-18-8-7-16-5-3-13-21-16/h1-6,13,18H,7-12,14H2. The maximum atomic E-state index is 5.79. The van der Waals surface area contributed by atoms with Crippen molar-refractivity contribution in [3.05, 3.63) is 52.2 Å². The molecule has 0 bridgehead atoms. The molecule has 1 aliphatic rings. The average Bonchev–Trinajstić information content (AvgIpc) is 2.93. The van der Waals surface area contributed by atoms with Gasteiger partial charge in [-0.15, -0.1) is 11.3 Å². The van der Waals surface area contributed by atoms with E-state index in [1.54, 1.807) is 0 Å². The van der Waals surface area contributed by atoms with Crippen LogP contribution < -0.4 is 10.1 Å². The van der Waals surface area contributed by atoms with Crippen LogP contribution in [0.5, 0.6) is 5.75 Å². The fourth-order valence-electron chi connectivity index (χ4n) is 2.60. The second-order valence-corrected chi connectivity index (χ2v) is 6.34. The van der Waals surface area contributed by atoms with Crippen molar-refractivity contribution in [3.63, 3.8) is 0 Å². The molecular weight excluding hydrogens is 280 g/mol. The number of rotatable bonds is 6. The molecule has 112 valence electrons. The van der Waals surface area contributed by atoms with Crippen molar-refractivity contribution in [3.8, 4) is 5.75 Å². The second kappa shape index (κ2) is 7.59. The SMILES string of the molecule is c1csc(CCNCCN2CCOc3ccccc3C2)c1. The lowest BCUT2D eigenvalue weighted by atomic mass is 10.2. The third kappa shape index (κ3) is 4.30. The van der Waals surface area contributed by atoms with Gasteiger partial charge in [0.1, 0.15) is 12.4 Å². The molecule has 0 amide bonds. The van der Waals surface area contributed by atoms with E-state index in [1.165, 1.54) is 10.4 Å². The second-order valence-electron chi connectivity index (χ2n) is 5.31. The van der Waals surface area contributed by atoms with E-state index >= 15 is 0 Å². The molecule has 0 unspecified atom stereocenters. The molecule has 2 aromatic rings. The molecular formula is C17H22N2OS. The topological polar surface area (TPSA) is 24.5 Å². The van der Waals surface area contributed by atoms with Crippen LogP contribution in [-0.2, 0) is 13.0 Å². The van der Waals surface area contributed by atoms with Crippen LogP contribution in [0.4, 0.5) is 0 Å². The third-order valence-corrected chi connectivity index (χ3v) is 4.70. The largest absolute Gasteiger partial charge is 0.492 e. The summed E-state index contributed by atoms with van der Waals surface area (Å²) in [7, 11) is 0. The summed E-state index contributed by atoms with van der Waals surface area (Å²) >= 11 is 1.84. The van der Waals surface area contributed by atoms with Crippen LogP contribution in [0.2, 0.25) is 0 Å². The lowest BCUT2D eigenvalue weighted by Crippen LogP contribution is -2.33. The molecule has 0 spiro atoms. The Kier molecular flexibility index (Phi) is 5.27. The van der Waals surface area contributed by atoms with Crippen LogP contribution in [0.1, 0.15) is 10.4 Å². The summed E-state index contributed by atoms with van der Waals surface area (Å²) in [6, 6.07) is 12.7. The highest BCUT2D eigenvalue weighted by Crippen LogP contribution is 2.21. The Labute approximate surface area is 130 Å². The van der Waals surface area contributed by atoms with Gasteiger partial charge in [-0.1, -0.05) is 24.3 Å². The zero-order valence-corrected chi connectivity index (χ0v) is 13.1. The molecule has 2 heterocycles. The van der Waals surface area contributed by atoms with Gasteiger partial charge in [0.05, 0.1) is 0 Å². The Morgan fingerprint density at radius 3 is 3.00 bits per heavy atom. The van der Waals surface area contributed by atoms with E-state index in [0.29, 0.717) is 0 Å². The van der Waals surface area contributed by atoms with Crippen molar-refractivity contribution in [1.82, 2.24) is 10.2 Å². The minimum Gasteiger partial charge on any atom is -0.492 e. The van der Waals surface area contributed by atoms with E-state index in [2.05, 4.69) is 45.9 Å². The van der Waals surface area contributed by atoms with Gasteiger partial charge in [0.25, 0.3) is 0 Å². The Bertz CT molecular complexity index is 541. The molecule has 0 aliphatic carbocycles. The Morgan fingerprint density at radius 2 is 2.10 bits per heavy atom. The van der Waals surface area contributed by atoms with Crippen molar-refractivity contribution in [2.75, 3.05) is 32.8 Å². The summed E-state index contributed by atoms with van der Waals surface area (Å²) in [5.74, 6) is 1.05. The molecule has 1 N–H and O–H groups in total. The number of fused-ring (bicyclic) bond motifs is 1. The first-order chi connectivity index (χ1) is 10.4. The quantitative estimate of drug-likeness (QED) is 0.831. The summed E-state index contributed by atoms with van der Waals surface area (Å²) in [5, 5.41) is 5.68. The molecule has 0 radical (unpaired) electrons. The molecule has 3 nitrogen and oxygen atoms in total. The highest BCUT2D eigenvalue weighted by atomic mass is 32.1. The summed E-state index contributed by atoms with van der Waals surface area (Å²) in [6.07, 6.45) is 1.13. The number of para-hydroxylation sites is 1. The van der Waals surface area contributed by atoms with E-state index in [9.17, 15) is 0 Å². The Morgan fingerprint density at radius 1 is 1.14 bits per heavy atom. The van der Waals surface area contributed by atoms with Gasteiger partial charge in [0.15, 0.2) is 0 Å². The number of hydrogen-bond donors (Lipinski definition) is 1. The molecule has 1 aromatic heterocycles. The smallest absolute Gasteiger partial charge is 0.123 e. The Hall–Kier alpha value is -1.36. The van der Waals surface area contributed by atoms with Crippen molar-refractivity contribution >= 4 is 11.3 Å². The summed E-state index contributed by atoms with van der Waals surface area (Å²) in [6.45, 7) is 5.94. The van der Waals surface area contributed by atoms with E-state index in [1.807, 2.05) is 17.4 Å². The first-order valence-corrected chi connectivity index (χ1v) is 8.46. The number of ether oxygens (including phenoxy) is 1. The van der Waals surface area contributed by atoms with Gasteiger partial charge >= 0.3 is 0 Å². The van der Waals surface area contributed by atoms with Gasteiger partial charge in [-0.05, 0) is 23.9 Å². The maximum Gasteiger partial charge on any atom is 0.123 e. The molecule has 0 saturated carbocycles. The zero-order valence-electron chi connectivity index (χ0n) is 12.3. The predicted octanol–water partition coefficient (Wildman–Crippen LogP) is 2.77. The number of nitrogens with one attached hydrogen (secondary N) is 1. The van der Waals surface area contributed by atoms with Crippen molar-refractivity contribution in [2.24, 2.45) is 0 Å². The van der Waals surface area contributed by atoms with Gasteiger partial charge in [0, 0.05) is 43.2 Å². The summed E-state index contributed by atoms with van der Waals surface area (Å²) < 4.78 is 5.79. The van der Waals surface area contributed by atoms with Gasteiger partial charge in [-0.3, -0.25) is 4.90 Å². The van der Waals surface area contributed by atoms with Crippen molar-refractivity contribution < 1.29 is 4.74 Å². The predicted molar refractivity (Wildman–Crippen MR) is 88.1 cm³/mol. The maximum absolute atomic E-state index is 5.79. The molecule has 21 heavy (non-hydrogen) atoms. The van der Waals surface area contributed by atoms with Gasteiger partial charge in [0.2, 0.25) is 0 Å². The van der Waals surface area contributed by atoms with Crippen LogP contribution in [0, 0.1) is 0 Å². The van der Waals surface area contributed by atoms with Crippen molar-refractivity contribution in [1.29, 1.82) is 0 Å². The molecule has 1 aromatic carbocycles. The lowest BCUT2D eigenvalue weighted by molar-refractivity contribution is 0.226. The van der Waals surface area contributed by atoms with Crippen LogP contribution in [-0.4, -0.2) is 37.7 Å². The highest BCUT2D eigenvalue weighted by molar-refractivity contribution is 7.09. The van der Waals surface area contributed by atoms with E-state index in [0.717, 1.165) is 51.5 Å². The van der Waals surface area contributed by atoms with Gasteiger partial charge in [-0.2, -0.15) is 0 Å². The van der Waals surface area contributed by atoms with E-state index < -0.39 is 0 Å². The average molecular weight is 302 g/mol. The minimum atomic E-state index is 0.784. The van der Waals surface area contributed by atoms with Gasteiger partial charge in [-0.25, -0.2) is 0 Å². The van der Waals surface area contributed by atoms with Crippen LogP contribution in [0.25, 0.3) is 0 Å². The normalized spacial score (nSPS) is 15.2. The lowest BCUT2D eigenvalue weighted by Gasteiger charge is -2.19. The van der Waals surface area contributed by atoms with E-state index in [4.69, 9.17) is 4.74 Å². The summed E-state index contributed by atoms with van der Waals surface area (Å²) in [5.41, 5.74) is 1.30. The highest BCUT2D eigenvalue weighted by Gasteiger charge is 2.13. The first-order valence-electron chi connectivity index (χ1n) is 7.58. The van der Waals surface area contributed by atoms with Crippen LogP contribution >= 0.6 is 11.3 Å². The van der Waals surface area contributed by atoms with Crippen LogP contribution in [0.3, 0.4) is 0 Å². The van der Waals surface area contributed by atoms with E-state index in [-0.39, 0.29) is 0 Å². The molecule has 0 atom stereocenters. The molecule has 1 aliphatic heterocycles. The number of nitrogens with zero attached hydrogens (tertiary/aromatic N) is 1. The number of benzene rings is 1. The molecule has 3 rings (SSSR count). The molecule has 0 fully saturated rings. The third-order valence-electron chi connectivity index (χ3n) is 3.76. The minimum absolute atomic E-state index is 0.784. The Balaban J connectivity index is 1.39. The fourth-order valence-corrected chi connectivity index (χ4v) is 3.31. The summed E-state index contributed by atoms with van der Waals surface area (Å²) in [4.78, 5) is 3.92. The fraction of sp³-hybridized carbons (Fsp3) is 0.412. The monoisotopic (exact) mass is 302 g/mol. The number of hydrogen-bond acceptors (Lipinski definition) is 4.